The fraction of sp³-hybridized carbons (Fsp3) is 0.206. The zero-order valence-corrected chi connectivity index (χ0v) is 25.1. The molecule has 0 spiro atoms. The molecular formula is C34H29Cl2N3O2S. The van der Waals surface area contributed by atoms with Gasteiger partial charge < -0.3 is 10.2 Å². The third-order valence-electron chi connectivity index (χ3n) is 7.87. The highest BCUT2D eigenvalue weighted by Gasteiger charge is 2.32. The Morgan fingerprint density at radius 2 is 1.60 bits per heavy atom. The van der Waals surface area contributed by atoms with Crippen LogP contribution < -0.4 is 5.32 Å². The van der Waals surface area contributed by atoms with Gasteiger partial charge in [-0.15, -0.1) is 11.3 Å². The fourth-order valence-corrected chi connectivity index (χ4v) is 7.37. The smallest absolute Gasteiger partial charge is 0.266 e. The molecule has 6 rings (SSSR count). The van der Waals surface area contributed by atoms with Crippen LogP contribution in [0.1, 0.15) is 51.3 Å². The lowest BCUT2D eigenvalue weighted by Crippen LogP contribution is -2.46. The van der Waals surface area contributed by atoms with Gasteiger partial charge >= 0.3 is 0 Å². The first kappa shape index (κ1) is 28.4. The van der Waals surface area contributed by atoms with Crippen LogP contribution in [0.15, 0.2) is 97.3 Å². The van der Waals surface area contributed by atoms with Gasteiger partial charge in [0.15, 0.2) is 0 Å². The van der Waals surface area contributed by atoms with Crippen LogP contribution in [0.3, 0.4) is 0 Å². The first-order valence-electron chi connectivity index (χ1n) is 14.0. The van der Waals surface area contributed by atoms with Gasteiger partial charge in [0.05, 0.1) is 15.6 Å². The molecule has 2 heterocycles. The molecule has 0 aliphatic heterocycles. The van der Waals surface area contributed by atoms with Crippen LogP contribution in [-0.2, 0) is 6.54 Å². The number of pyridine rings is 1. The van der Waals surface area contributed by atoms with Crippen molar-refractivity contribution >= 4 is 56.4 Å². The number of benzene rings is 3. The third-order valence-corrected chi connectivity index (χ3v) is 9.87. The highest BCUT2D eigenvalue weighted by Crippen LogP contribution is 2.37. The average Bonchev–Trinajstić information content (AvgIpc) is 3.37. The van der Waals surface area contributed by atoms with Crippen LogP contribution in [0.5, 0.6) is 0 Å². The van der Waals surface area contributed by atoms with Gasteiger partial charge in [0.2, 0.25) is 0 Å². The molecule has 0 unspecified atom stereocenters. The lowest BCUT2D eigenvalue weighted by atomic mass is 9.89. The number of amides is 2. The second-order valence-electron chi connectivity index (χ2n) is 10.6. The Bertz CT molecular complexity index is 1730. The second kappa shape index (κ2) is 12.7. The Balaban J connectivity index is 1.24. The molecule has 5 nitrogen and oxygen atoms in total. The Morgan fingerprint density at radius 1 is 0.857 bits per heavy atom. The van der Waals surface area contributed by atoms with E-state index in [9.17, 15) is 9.59 Å². The second-order valence-corrected chi connectivity index (χ2v) is 12.4. The van der Waals surface area contributed by atoms with Crippen LogP contribution in [0, 0.1) is 0 Å². The van der Waals surface area contributed by atoms with Crippen LogP contribution in [0.4, 0.5) is 0 Å². The maximum atomic E-state index is 14.2. The summed E-state index contributed by atoms with van der Waals surface area (Å²) >= 11 is 14.5. The summed E-state index contributed by atoms with van der Waals surface area (Å²) in [5.41, 5.74) is 3.68. The topological polar surface area (TPSA) is 62.3 Å². The molecule has 212 valence electrons. The number of fused-ring (bicyclic) bond motifs is 1. The highest BCUT2D eigenvalue weighted by molar-refractivity contribution is 7.21. The fourth-order valence-electron chi connectivity index (χ4n) is 5.68. The SMILES string of the molecule is O=C(NC1CCC(N(Cc2cccc(-c3ccncc3)c2)C(=O)c2sc3ccccc3c2Cl)CC1)c1ccccc1Cl. The standard InChI is InChI=1S/C34H29Cl2N3O2S/c35-29-10-3-1-8-27(29)33(40)38-25-12-14-26(15-13-25)39(34(41)32-31(36)28-9-2-4-11-30(28)42-32)21-22-6-5-7-24(20-22)23-16-18-37-19-17-23/h1-11,16-20,25-26H,12-15,21H2,(H,38,40). The van der Waals surface area contributed by atoms with E-state index in [-0.39, 0.29) is 23.9 Å². The van der Waals surface area contributed by atoms with Crippen LogP contribution in [0.2, 0.25) is 10.0 Å². The van der Waals surface area contributed by atoms with E-state index in [1.54, 1.807) is 24.5 Å². The molecule has 1 N–H and O–H groups in total. The summed E-state index contributed by atoms with van der Waals surface area (Å²) in [6.07, 6.45) is 6.63. The number of carbonyl (C=O) groups excluding carboxylic acids is 2. The lowest BCUT2D eigenvalue weighted by molar-refractivity contribution is 0.0597. The maximum Gasteiger partial charge on any atom is 0.266 e. The van der Waals surface area contributed by atoms with Crippen molar-refractivity contribution < 1.29 is 9.59 Å². The number of thiophene rings is 1. The molecule has 1 aliphatic carbocycles. The van der Waals surface area contributed by atoms with E-state index in [1.807, 2.05) is 59.5 Å². The molecule has 5 aromatic rings. The van der Waals surface area contributed by atoms with Crippen molar-refractivity contribution in [3.05, 3.63) is 123 Å². The van der Waals surface area contributed by atoms with Crippen molar-refractivity contribution in [3.8, 4) is 11.1 Å². The van der Waals surface area contributed by atoms with E-state index in [4.69, 9.17) is 23.2 Å². The Hall–Kier alpha value is -3.71. The highest BCUT2D eigenvalue weighted by atomic mass is 35.5. The van der Waals surface area contributed by atoms with Gasteiger partial charge in [-0.25, -0.2) is 0 Å². The molecule has 1 saturated carbocycles. The number of nitrogens with one attached hydrogen (secondary N) is 1. The summed E-state index contributed by atoms with van der Waals surface area (Å²) in [6, 6.07) is 27.2. The van der Waals surface area contributed by atoms with Gasteiger partial charge in [-0.05, 0) is 78.8 Å². The average molecular weight is 615 g/mol. The van der Waals surface area contributed by atoms with Crippen molar-refractivity contribution in [3.63, 3.8) is 0 Å². The summed E-state index contributed by atoms with van der Waals surface area (Å²) in [6.45, 7) is 0.462. The van der Waals surface area contributed by atoms with E-state index < -0.39 is 0 Å². The number of hydrogen-bond donors (Lipinski definition) is 1. The monoisotopic (exact) mass is 613 g/mol. The quantitative estimate of drug-likeness (QED) is 0.200. The van der Waals surface area contributed by atoms with Gasteiger partial charge in [0.25, 0.3) is 11.8 Å². The van der Waals surface area contributed by atoms with Gasteiger partial charge in [-0.2, -0.15) is 0 Å². The third kappa shape index (κ3) is 6.07. The molecule has 8 heteroatoms. The predicted molar refractivity (Wildman–Crippen MR) is 171 cm³/mol. The predicted octanol–water partition coefficient (Wildman–Crippen LogP) is 8.65. The molecule has 2 aromatic heterocycles. The maximum absolute atomic E-state index is 14.2. The van der Waals surface area contributed by atoms with Crippen LogP contribution >= 0.6 is 34.5 Å². The lowest BCUT2D eigenvalue weighted by Gasteiger charge is -2.37. The summed E-state index contributed by atoms with van der Waals surface area (Å²) in [4.78, 5) is 33.8. The molecule has 0 atom stereocenters. The molecule has 42 heavy (non-hydrogen) atoms. The van der Waals surface area contributed by atoms with Gasteiger partial charge in [0.1, 0.15) is 4.88 Å². The molecular weight excluding hydrogens is 585 g/mol. The minimum atomic E-state index is -0.165. The number of nitrogens with zero attached hydrogens (tertiary/aromatic N) is 2. The molecule has 1 aliphatic rings. The molecule has 0 saturated heterocycles. The summed E-state index contributed by atoms with van der Waals surface area (Å²) in [5, 5.41) is 5.00. The number of aromatic nitrogens is 1. The zero-order valence-electron chi connectivity index (χ0n) is 22.8. The molecule has 3 aromatic carbocycles. The van der Waals surface area contributed by atoms with E-state index in [2.05, 4.69) is 28.5 Å². The van der Waals surface area contributed by atoms with Gasteiger partial charge in [0, 0.05) is 41.1 Å². The van der Waals surface area contributed by atoms with Crippen molar-refractivity contribution in [2.24, 2.45) is 0 Å². The number of carbonyl (C=O) groups is 2. The van der Waals surface area contributed by atoms with Crippen molar-refractivity contribution in [2.75, 3.05) is 0 Å². The van der Waals surface area contributed by atoms with E-state index in [1.165, 1.54) is 11.3 Å². The first-order chi connectivity index (χ1) is 20.5. The molecule has 2 amide bonds. The Morgan fingerprint density at radius 3 is 2.36 bits per heavy atom. The van der Waals surface area contributed by atoms with Crippen molar-refractivity contribution in [2.45, 2.75) is 44.3 Å². The number of rotatable bonds is 7. The molecule has 0 bridgehead atoms. The Kier molecular flexibility index (Phi) is 8.56. The molecule has 1 fully saturated rings. The zero-order chi connectivity index (χ0) is 29.1. The number of hydrogen-bond acceptors (Lipinski definition) is 4. The van der Waals surface area contributed by atoms with Crippen molar-refractivity contribution in [1.82, 2.24) is 15.2 Å². The van der Waals surface area contributed by atoms with Crippen LogP contribution in [-0.4, -0.2) is 33.8 Å². The number of halogens is 2. The van der Waals surface area contributed by atoms with E-state index in [0.29, 0.717) is 27.0 Å². The largest absolute Gasteiger partial charge is 0.349 e. The normalized spacial score (nSPS) is 16.7. The minimum Gasteiger partial charge on any atom is -0.349 e. The Labute approximate surface area is 259 Å². The minimum absolute atomic E-state index is 0.0109. The molecule has 0 radical (unpaired) electrons. The summed E-state index contributed by atoms with van der Waals surface area (Å²) in [5.74, 6) is -0.221. The van der Waals surface area contributed by atoms with E-state index >= 15 is 0 Å². The van der Waals surface area contributed by atoms with Gasteiger partial charge in [-0.1, -0.05) is 71.7 Å². The summed E-state index contributed by atoms with van der Waals surface area (Å²) in [7, 11) is 0. The van der Waals surface area contributed by atoms with Gasteiger partial charge in [-0.3, -0.25) is 14.6 Å². The van der Waals surface area contributed by atoms with Crippen molar-refractivity contribution in [1.29, 1.82) is 0 Å². The van der Waals surface area contributed by atoms with Crippen LogP contribution in [0.25, 0.3) is 21.2 Å². The first-order valence-corrected chi connectivity index (χ1v) is 15.6. The van der Waals surface area contributed by atoms with E-state index in [0.717, 1.165) is 52.5 Å². The summed E-state index contributed by atoms with van der Waals surface area (Å²) < 4.78 is 0.997.